The molecule has 8 heteroatoms. The molecule has 0 spiro atoms. The van der Waals surface area contributed by atoms with E-state index in [2.05, 4.69) is 32.8 Å². The molecule has 2 atom stereocenters. The second-order valence-corrected chi connectivity index (χ2v) is 7.78. The number of ether oxygens (including phenoxy) is 1. The number of aryl methyl sites for hydroxylation is 1. The second-order valence-electron chi connectivity index (χ2n) is 7.39. The predicted molar refractivity (Wildman–Crippen MR) is 125 cm³/mol. The van der Waals surface area contributed by atoms with Gasteiger partial charge in [0.25, 0.3) is 0 Å². The van der Waals surface area contributed by atoms with E-state index in [0.717, 1.165) is 16.9 Å². The van der Waals surface area contributed by atoms with Gasteiger partial charge in [0.15, 0.2) is 5.11 Å². The molecule has 0 bridgehead atoms. The van der Waals surface area contributed by atoms with Crippen molar-refractivity contribution in [2.24, 2.45) is 7.05 Å². The second kappa shape index (κ2) is 8.77. The minimum Gasteiger partial charge on any atom is -0.494 e. The third kappa shape index (κ3) is 4.11. The number of hydrogen-bond donors (Lipinski definition) is 2. The van der Waals surface area contributed by atoms with Crippen molar-refractivity contribution in [3.63, 3.8) is 0 Å². The Balaban J connectivity index is 1.76. The maximum Gasteiger partial charge on any atom is 0.224 e. The van der Waals surface area contributed by atoms with Crippen LogP contribution in [0.5, 0.6) is 5.75 Å². The molecule has 2 aromatic heterocycles. The molecule has 1 amide bonds. The molecule has 160 valence electrons. The minimum absolute atomic E-state index is 0.0678. The maximum atomic E-state index is 11.9. The Morgan fingerprint density at radius 1 is 1.29 bits per heavy atom. The van der Waals surface area contributed by atoms with Crippen LogP contribution in [0.3, 0.4) is 0 Å². The van der Waals surface area contributed by atoms with Crippen molar-refractivity contribution >= 4 is 34.6 Å². The smallest absolute Gasteiger partial charge is 0.224 e. The number of carbonyl (C=O) groups is 1. The van der Waals surface area contributed by atoms with E-state index in [1.165, 1.54) is 0 Å². The lowest BCUT2D eigenvalue weighted by molar-refractivity contribution is -0.115. The van der Waals surface area contributed by atoms with E-state index in [1.807, 2.05) is 61.1 Å². The topological polar surface area (TPSA) is 71.4 Å². The molecule has 7 nitrogen and oxygen atoms in total. The SMILES string of the molecule is CCC(=O)Nc1ccc(N2C(=S)N[C@H](c3ccccn3)[C@H]2c2ccn(C)c2)cc1OC. The number of amides is 1. The zero-order valence-electron chi connectivity index (χ0n) is 17.7. The molecular weight excluding hydrogens is 410 g/mol. The number of nitrogens with zero attached hydrogens (tertiary/aromatic N) is 3. The fourth-order valence-electron chi connectivity index (χ4n) is 3.84. The van der Waals surface area contributed by atoms with Crippen molar-refractivity contribution in [1.82, 2.24) is 14.9 Å². The van der Waals surface area contributed by atoms with Crippen LogP contribution in [-0.4, -0.2) is 27.7 Å². The summed E-state index contributed by atoms with van der Waals surface area (Å²) in [6.45, 7) is 1.81. The summed E-state index contributed by atoms with van der Waals surface area (Å²) in [5, 5.41) is 6.93. The van der Waals surface area contributed by atoms with Crippen molar-refractivity contribution in [1.29, 1.82) is 0 Å². The number of anilines is 2. The van der Waals surface area contributed by atoms with Crippen LogP contribution in [-0.2, 0) is 11.8 Å². The van der Waals surface area contributed by atoms with Gasteiger partial charge < -0.3 is 24.8 Å². The zero-order valence-corrected chi connectivity index (χ0v) is 18.5. The summed E-state index contributed by atoms with van der Waals surface area (Å²) in [4.78, 5) is 18.5. The lowest BCUT2D eigenvalue weighted by Gasteiger charge is -2.28. The van der Waals surface area contributed by atoms with Gasteiger partial charge in [0.05, 0.1) is 30.6 Å². The van der Waals surface area contributed by atoms with Gasteiger partial charge in [-0.3, -0.25) is 9.78 Å². The number of aromatic nitrogens is 2. The molecule has 3 aromatic rings. The maximum absolute atomic E-state index is 11.9. The highest BCUT2D eigenvalue weighted by Crippen LogP contribution is 2.43. The molecular formula is C23H25N5O2S. The minimum atomic E-state index is -0.110. The van der Waals surface area contributed by atoms with Gasteiger partial charge in [0.2, 0.25) is 5.91 Å². The first-order valence-corrected chi connectivity index (χ1v) is 10.5. The number of carbonyl (C=O) groups excluding carboxylic acids is 1. The first-order chi connectivity index (χ1) is 15.0. The molecule has 2 N–H and O–H groups in total. The van der Waals surface area contributed by atoms with E-state index in [-0.39, 0.29) is 18.0 Å². The summed E-state index contributed by atoms with van der Waals surface area (Å²) in [6.07, 6.45) is 6.30. The van der Waals surface area contributed by atoms with Crippen LogP contribution in [0.25, 0.3) is 0 Å². The van der Waals surface area contributed by atoms with Crippen molar-refractivity contribution in [2.45, 2.75) is 25.4 Å². The van der Waals surface area contributed by atoms with Gasteiger partial charge in [0, 0.05) is 43.8 Å². The van der Waals surface area contributed by atoms with Gasteiger partial charge in [-0.25, -0.2) is 0 Å². The van der Waals surface area contributed by atoms with E-state index in [4.69, 9.17) is 17.0 Å². The summed E-state index contributed by atoms with van der Waals surface area (Å²) in [5.41, 5.74) is 3.54. The largest absolute Gasteiger partial charge is 0.494 e. The lowest BCUT2D eigenvalue weighted by atomic mass is 9.98. The van der Waals surface area contributed by atoms with Crippen LogP contribution in [0.2, 0.25) is 0 Å². The molecule has 0 radical (unpaired) electrons. The van der Waals surface area contributed by atoms with E-state index >= 15 is 0 Å². The van der Waals surface area contributed by atoms with Gasteiger partial charge in [-0.05, 0) is 48.1 Å². The van der Waals surface area contributed by atoms with Crippen molar-refractivity contribution in [2.75, 3.05) is 17.3 Å². The standard InChI is InChI=1S/C23H25N5O2S/c1-4-20(29)25-17-9-8-16(13-19(17)30-3)28-22(15-10-12-27(2)14-15)21(26-23(28)31)18-7-5-6-11-24-18/h5-14,21-22H,4H2,1-3H3,(H,25,29)(H,26,31)/t21-,22-/m1/s1. The molecule has 0 aliphatic carbocycles. The first kappa shape index (κ1) is 20.9. The third-order valence-corrected chi connectivity index (χ3v) is 5.67. The third-order valence-electron chi connectivity index (χ3n) is 5.35. The molecule has 31 heavy (non-hydrogen) atoms. The fourth-order valence-corrected chi connectivity index (χ4v) is 4.19. The number of nitrogens with one attached hydrogen (secondary N) is 2. The molecule has 1 aliphatic heterocycles. The van der Waals surface area contributed by atoms with Crippen molar-refractivity contribution < 1.29 is 9.53 Å². The number of rotatable bonds is 6. The molecule has 0 unspecified atom stereocenters. The normalized spacial score (nSPS) is 18.0. The summed E-state index contributed by atoms with van der Waals surface area (Å²) in [5.74, 6) is 0.511. The number of hydrogen-bond acceptors (Lipinski definition) is 4. The molecule has 0 saturated carbocycles. The van der Waals surface area contributed by atoms with Crippen LogP contribution < -0.4 is 20.3 Å². The van der Waals surface area contributed by atoms with Crippen LogP contribution in [0.1, 0.15) is 36.7 Å². The number of methoxy groups -OCH3 is 1. The Labute approximate surface area is 187 Å². The summed E-state index contributed by atoms with van der Waals surface area (Å²) in [7, 11) is 3.59. The first-order valence-electron chi connectivity index (χ1n) is 10.1. The summed E-state index contributed by atoms with van der Waals surface area (Å²) < 4.78 is 7.58. The zero-order chi connectivity index (χ0) is 22.0. The molecule has 1 aromatic carbocycles. The van der Waals surface area contributed by atoms with E-state index < -0.39 is 0 Å². The Morgan fingerprint density at radius 2 is 2.13 bits per heavy atom. The number of pyridine rings is 1. The van der Waals surface area contributed by atoms with Gasteiger partial charge in [-0.15, -0.1) is 0 Å². The monoisotopic (exact) mass is 435 g/mol. The van der Waals surface area contributed by atoms with Crippen LogP contribution in [0, 0.1) is 0 Å². The van der Waals surface area contributed by atoms with E-state index in [9.17, 15) is 4.79 Å². The van der Waals surface area contributed by atoms with Gasteiger partial charge >= 0.3 is 0 Å². The average molecular weight is 436 g/mol. The molecule has 1 fully saturated rings. The van der Waals surface area contributed by atoms with Crippen LogP contribution in [0.4, 0.5) is 11.4 Å². The summed E-state index contributed by atoms with van der Waals surface area (Å²) in [6, 6.07) is 13.5. The van der Waals surface area contributed by atoms with E-state index in [1.54, 1.807) is 13.3 Å². The Bertz CT molecular complexity index is 1100. The molecule has 1 aliphatic rings. The highest BCUT2D eigenvalue weighted by Gasteiger charge is 2.41. The van der Waals surface area contributed by atoms with Gasteiger partial charge in [-0.2, -0.15) is 0 Å². The quantitative estimate of drug-likeness (QED) is 0.571. The summed E-state index contributed by atoms with van der Waals surface area (Å²) >= 11 is 5.75. The number of thiocarbonyl (C=S) groups is 1. The van der Waals surface area contributed by atoms with Crippen molar-refractivity contribution in [3.05, 3.63) is 72.3 Å². The van der Waals surface area contributed by atoms with Gasteiger partial charge in [-0.1, -0.05) is 13.0 Å². The van der Waals surface area contributed by atoms with Crippen molar-refractivity contribution in [3.8, 4) is 5.75 Å². The van der Waals surface area contributed by atoms with E-state index in [0.29, 0.717) is 23.0 Å². The fraction of sp³-hybridized carbons (Fsp3) is 0.261. The molecule has 1 saturated heterocycles. The Hall–Kier alpha value is -3.39. The Morgan fingerprint density at radius 3 is 2.77 bits per heavy atom. The highest BCUT2D eigenvalue weighted by atomic mass is 32.1. The molecule has 4 rings (SSSR count). The Kier molecular flexibility index (Phi) is 5.90. The van der Waals surface area contributed by atoms with Crippen LogP contribution in [0.15, 0.2) is 61.1 Å². The van der Waals surface area contributed by atoms with Crippen LogP contribution >= 0.6 is 12.2 Å². The van der Waals surface area contributed by atoms with Gasteiger partial charge in [0.1, 0.15) is 5.75 Å². The average Bonchev–Trinajstić information content (AvgIpc) is 3.37. The predicted octanol–water partition coefficient (Wildman–Crippen LogP) is 3.95. The molecule has 3 heterocycles. The highest BCUT2D eigenvalue weighted by molar-refractivity contribution is 7.80. The lowest BCUT2D eigenvalue weighted by Crippen LogP contribution is -2.29. The number of benzene rings is 1.